The van der Waals surface area contributed by atoms with Gasteiger partial charge in [0.05, 0.1) is 53.1 Å². The molecular formula is C37H28BClF4N14O2S12. The summed E-state index contributed by atoms with van der Waals surface area (Å²) in [7, 11) is 14.7. The Kier molecular flexibility index (Phi) is 24.9. The Morgan fingerprint density at radius 3 is 1.54 bits per heavy atom. The van der Waals surface area contributed by atoms with Crippen LogP contribution in [0.5, 0.6) is 0 Å². The topological polar surface area (TPSA) is 253 Å². The van der Waals surface area contributed by atoms with Gasteiger partial charge in [-0.25, -0.2) is 36.9 Å². The molecule has 16 nitrogen and oxygen atoms in total. The Bertz CT molecular complexity index is 3700. The summed E-state index contributed by atoms with van der Waals surface area (Å²) < 4.78 is 57.9. The monoisotopic (exact) mass is 1210 g/mol. The summed E-state index contributed by atoms with van der Waals surface area (Å²) in [6.45, 7) is -0.275. The summed E-state index contributed by atoms with van der Waals surface area (Å²) in [6.07, 6.45) is 8.53. The number of benzene rings is 2. The minimum absolute atomic E-state index is 0. The second-order valence-corrected chi connectivity index (χ2v) is 30.6. The van der Waals surface area contributed by atoms with Crippen molar-refractivity contribution in [1.82, 2.24) is 49.5 Å². The molecule has 0 amide bonds. The average Bonchev–Trinajstić information content (AvgIpc) is 3.96. The van der Waals surface area contributed by atoms with Gasteiger partial charge < -0.3 is 21.5 Å². The summed E-state index contributed by atoms with van der Waals surface area (Å²) in [5.74, 6) is -2.71. The number of hydrogen-bond acceptors (Lipinski definition) is 16. The van der Waals surface area contributed by atoms with E-state index in [2.05, 4.69) is 62.5 Å². The predicted octanol–water partition coefficient (Wildman–Crippen LogP) is 4.30. The van der Waals surface area contributed by atoms with Crippen LogP contribution in [-0.2, 0) is 124 Å². The number of nitrogens with zero attached hydrogens (tertiary/aromatic N) is 12. The molecule has 0 unspecified atom stereocenters. The number of aromatic nitrogens is 10. The van der Waals surface area contributed by atoms with Crippen molar-refractivity contribution in [3.63, 3.8) is 0 Å². The number of fused-ring (bicyclic) bond motifs is 2. The fourth-order valence-electron chi connectivity index (χ4n) is 5.41. The van der Waals surface area contributed by atoms with Gasteiger partial charge in [-0.05, 0) is 36.4 Å². The standard InChI is InChI=1S/C18H11F2N7.C12H8ClF2N5.C6H5BN2O2.CH4.S12/c19-14-2-1-3-15(20)13(14)9-27-17-12(8-24-27)16(25-18(22)26-17)11-4-10(5-21)6-23-7-11;13-10-6-4-17-20(11(6)19-12(16)18-10)5-7-8(14)2-1-3-9(7)15;8-2-5-1-6(7(10)11)4-9-3-5;;1-3-5-7-9-11-12-10-8-6-4-2/h1-4,6-8H,9H2,(H2,22,25,26);1-4H,5H2,(H2,16,18,19);1,3-4,10-11H;1H4;. The minimum atomic E-state index is -1.56. The Morgan fingerprint density at radius 1 is 0.620 bits per heavy atom. The Balaban J connectivity index is 0.000000219. The molecule has 6 N–H and O–H groups in total. The zero-order valence-electron chi connectivity index (χ0n) is 34.3. The van der Waals surface area contributed by atoms with Crippen LogP contribution in [0.1, 0.15) is 29.7 Å². The number of anilines is 2. The zero-order valence-corrected chi connectivity index (χ0v) is 44.8. The highest BCUT2D eigenvalue weighted by atomic mass is 35.5. The van der Waals surface area contributed by atoms with E-state index in [1.807, 2.05) is 12.1 Å². The second-order valence-electron chi connectivity index (χ2n) is 12.5. The molecule has 0 aliphatic heterocycles. The van der Waals surface area contributed by atoms with Crippen molar-refractivity contribution in [3.8, 4) is 23.4 Å². The first kappa shape index (κ1) is 58.6. The highest BCUT2D eigenvalue weighted by Crippen LogP contribution is 2.28. The molecule has 0 radical (unpaired) electrons. The molecule has 8 rings (SSSR count). The van der Waals surface area contributed by atoms with Crippen LogP contribution < -0.4 is 16.9 Å². The lowest BCUT2D eigenvalue weighted by Crippen LogP contribution is -2.30. The molecule has 71 heavy (non-hydrogen) atoms. The molecule has 34 heteroatoms. The van der Waals surface area contributed by atoms with E-state index in [4.69, 9.17) is 43.6 Å². The second kappa shape index (κ2) is 30.2. The average molecular weight is 1210 g/mol. The first-order valence-corrected chi connectivity index (χ1v) is 33.3. The lowest BCUT2D eigenvalue weighted by atomic mass is 9.81. The number of nitriles is 2. The minimum Gasteiger partial charge on any atom is -0.423 e. The molecule has 0 saturated carbocycles. The molecule has 368 valence electrons. The summed E-state index contributed by atoms with van der Waals surface area (Å²) in [6, 6.07) is 14.1. The number of halogens is 5. The summed E-state index contributed by atoms with van der Waals surface area (Å²) >= 11 is 15.3. The lowest BCUT2D eigenvalue weighted by Gasteiger charge is -2.08. The van der Waals surface area contributed by atoms with Gasteiger partial charge in [0.25, 0.3) is 0 Å². The Morgan fingerprint density at radius 2 is 1.06 bits per heavy atom. The molecule has 8 aromatic rings. The Hall–Kier alpha value is -4.95. The smallest absolute Gasteiger partial charge is 0.423 e. The molecule has 6 aromatic heterocycles. The van der Waals surface area contributed by atoms with Crippen molar-refractivity contribution in [1.29, 1.82) is 10.5 Å². The molecule has 0 saturated heterocycles. The van der Waals surface area contributed by atoms with E-state index in [-0.39, 0.29) is 54.2 Å². The number of hydrogen-bond donors (Lipinski definition) is 4. The summed E-state index contributed by atoms with van der Waals surface area (Å²) in [5, 5.41) is 44.1. The number of rotatable bonds is 6. The molecule has 0 aliphatic carbocycles. The van der Waals surface area contributed by atoms with Crippen LogP contribution >= 0.6 is 11.6 Å². The quantitative estimate of drug-likeness (QED) is 0.103. The number of nitrogen functional groups attached to an aromatic ring is 2. The van der Waals surface area contributed by atoms with Crippen LogP contribution in [0, 0.1) is 45.9 Å². The van der Waals surface area contributed by atoms with Crippen LogP contribution in [0.15, 0.2) is 85.7 Å². The summed E-state index contributed by atoms with van der Waals surface area (Å²) in [5.41, 5.74) is 13.6. The molecule has 0 fully saturated rings. The Labute approximate surface area is 444 Å². The van der Waals surface area contributed by atoms with Crippen molar-refractivity contribution in [2.45, 2.75) is 20.5 Å². The predicted molar refractivity (Wildman–Crippen MR) is 297 cm³/mol. The van der Waals surface area contributed by atoms with Crippen LogP contribution in [0.4, 0.5) is 29.5 Å². The maximum atomic E-state index is 14.0. The van der Waals surface area contributed by atoms with Gasteiger partial charge in [-0.2, -0.15) is 30.7 Å². The van der Waals surface area contributed by atoms with Gasteiger partial charge in [0, 0.05) is 158 Å². The van der Waals surface area contributed by atoms with E-state index < -0.39 is 30.4 Å². The number of pyridine rings is 2. The highest BCUT2D eigenvalue weighted by molar-refractivity contribution is 8.75. The largest absolute Gasteiger partial charge is 0.490 e. The van der Waals surface area contributed by atoms with Gasteiger partial charge in [0.1, 0.15) is 40.6 Å². The maximum absolute atomic E-state index is 14.0. The van der Waals surface area contributed by atoms with Crippen molar-refractivity contribution < 1.29 is 27.6 Å². The van der Waals surface area contributed by atoms with Crippen LogP contribution in [0.25, 0.3) is 33.3 Å². The van der Waals surface area contributed by atoms with Gasteiger partial charge in [-0.3, -0.25) is 9.97 Å². The van der Waals surface area contributed by atoms with Crippen molar-refractivity contribution in [2.75, 3.05) is 11.5 Å². The molecular weight excluding hydrogens is 1180 g/mol. The van der Waals surface area contributed by atoms with Crippen LogP contribution in [-0.4, -0.2) is 66.6 Å². The maximum Gasteiger partial charge on any atom is 0.490 e. The summed E-state index contributed by atoms with van der Waals surface area (Å²) in [4.78, 5) is 23.8. The molecule has 6 heterocycles. The first-order chi connectivity index (χ1) is 33.8. The van der Waals surface area contributed by atoms with Crippen molar-refractivity contribution in [3.05, 3.63) is 136 Å². The van der Waals surface area contributed by atoms with E-state index in [0.29, 0.717) is 44.5 Å². The van der Waals surface area contributed by atoms with Gasteiger partial charge in [0.2, 0.25) is 11.9 Å². The van der Waals surface area contributed by atoms with Crippen LogP contribution in [0.3, 0.4) is 0 Å². The van der Waals surface area contributed by atoms with Gasteiger partial charge >= 0.3 is 7.12 Å². The van der Waals surface area contributed by atoms with E-state index in [1.165, 1.54) is 107 Å². The van der Waals surface area contributed by atoms with Gasteiger partial charge in [0.15, 0.2) is 11.3 Å². The molecule has 0 atom stereocenters. The van der Waals surface area contributed by atoms with E-state index in [9.17, 15) is 17.6 Å². The molecule has 0 spiro atoms. The third-order valence-electron chi connectivity index (χ3n) is 8.30. The normalized spacial score (nSPS) is 9.82. The van der Waals surface area contributed by atoms with Gasteiger partial charge in [-0.1, -0.05) is 31.2 Å². The van der Waals surface area contributed by atoms with E-state index in [0.717, 1.165) is 0 Å². The van der Waals surface area contributed by atoms with Gasteiger partial charge in [-0.15, -0.1) is 0 Å². The molecule has 0 aliphatic rings. The fraction of sp³-hybridized carbons (Fsp3) is 0.0811. The highest BCUT2D eigenvalue weighted by Gasteiger charge is 2.18. The molecule has 0 bridgehead atoms. The van der Waals surface area contributed by atoms with E-state index >= 15 is 0 Å². The van der Waals surface area contributed by atoms with Crippen molar-refractivity contribution in [2.24, 2.45) is 0 Å². The lowest BCUT2D eigenvalue weighted by molar-refractivity contribution is 0.425. The zero-order chi connectivity index (χ0) is 50.6. The molecule has 2 aromatic carbocycles. The third-order valence-corrected chi connectivity index (χ3v) is 28.6. The SMILES string of the molecule is C.N#Cc1cncc(-c2nc(N)nc3c2cnn3Cc2c(F)cccc2F)c1.N#Cc1cncc(B(O)O)c1.Nc1nc(Cl)c2cnn(Cc3c(F)cccc3F)c2n1.S=S=S=S=S=S=S=S=S=S=S=S. The number of nitrogens with two attached hydrogens (primary N) is 2. The van der Waals surface area contributed by atoms with E-state index in [1.54, 1.807) is 77.1 Å². The first-order valence-electron chi connectivity index (χ1n) is 18.3. The fourth-order valence-corrected chi connectivity index (χ4v) is 27.6. The van der Waals surface area contributed by atoms with Crippen LogP contribution in [0.2, 0.25) is 5.15 Å². The third kappa shape index (κ3) is 17.4. The van der Waals surface area contributed by atoms with Crippen molar-refractivity contribution >= 4 is 169 Å².